The maximum Gasteiger partial charge on any atom is 0.308 e. The van der Waals surface area contributed by atoms with Crippen LogP contribution in [0, 0.1) is 23.7 Å². The zero-order chi connectivity index (χ0) is 27.4. The first kappa shape index (κ1) is 27.2. The van der Waals surface area contributed by atoms with Crippen molar-refractivity contribution in [3.8, 4) is 17.7 Å². The molecule has 5 rings (SSSR count). The van der Waals surface area contributed by atoms with Gasteiger partial charge in [-0.2, -0.15) is 0 Å². The van der Waals surface area contributed by atoms with Crippen molar-refractivity contribution in [2.45, 2.75) is 57.1 Å². The first-order valence-corrected chi connectivity index (χ1v) is 15.8. The monoisotopic (exact) mass is 550 g/mol. The maximum atomic E-state index is 12.0. The topological polar surface area (TPSA) is 94.4 Å². The summed E-state index contributed by atoms with van der Waals surface area (Å²) in [6.07, 6.45) is 10.9. The molecular formula is C30H38N4O4S. The first-order valence-electron chi connectivity index (χ1n) is 13.9. The smallest absolute Gasteiger partial charge is 0.308 e. The summed E-state index contributed by atoms with van der Waals surface area (Å²) in [6.45, 7) is 3.73. The number of piperidine rings is 1. The van der Waals surface area contributed by atoms with Crippen LogP contribution in [0.5, 0.6) is 0 Å². The number of hydrogen-bond donors (Lipinski definition) is 0. The maximum absolute atomic E-state index is 12.0. The van der Waals surface area contributed by atoms with E-state index in [1.54, 1.807) is 6.20 Å². The highest BCUT2D eigenvalue weighted by atomic mass is 32.2. The minimum atomic E-state index is -3.00. The van der Waals surface area contributed by atoms with Crippen molar-refractivity contribution in [3.63, 3.8) is 0 Å². The molecule has 1 aliphatic heterocycles. The van der Waals surface area contributed by atoms with Crippen LogP contribution in [0.15, 0.2) is 42.7 Å². The zero-order valence-electron chi connectivity index (χ0n) is 22.7. The molecule has 8 nitrogen and oxygen atoms in total. The zero-order valence-corrected chi connectivity index (χ0v) is 23.5. The Morgan fingerprint density at radius 3 is 2.59 bits per heavy atom. The van der Waals surface area contributed by atoms with Crippen LogP contribution in [0.25, 0.3) is 16.7 Å². The van der Waals surface area contributed by atoms with E-state index in [1.807, 2.05) is 29.8 Å². The van der Waals surface area contributed by atoms with Crippen molar-refractivity contribution in [3.05, 3.63) is 48.5 Å². The van der Waals surface area contributed by atoms with Gasteiger partial charge in [0.2, 0.25) is 5.82 Å². The lowest BCUT2D eigenvalue weighted by Gasteiger charge is -2.33. The molecule has 0 N–H and O–H groups in total. The highest BCUT2D eigenvalue weighted by Gasteiger charge is 2.28. The fourth-order valence-corrected chi connectivity index (χ4v) is 6.90. The number of hydrogen-bond acceptors (Lipinski definition) is 7. The van der Waals surface area contributed by atoms with Crippen LogP contribution in [0.2, 0.25) is 0 Å². The lowest BCUT2D eigenvalue weighted by Crippen LogP contribution is -2.39. The second-order valence-electron chi connectivity index (χ2n) is 10.6. The van der Waals surface area contributed by atoms with E-state index in [0.29, 0.717) is 31.2 Å². The lowest BCUT2D eigenvalue weighted by atomic mass is 9.81. The third-order valence-electron chi connectivity index (χ3n) is 8.04. The molecule has 0 bridgehead atoms. The number of ether oxygens (including phenoxy) is 1. The molecule has 2 fully saturated rings. The van der Waals surface area contributed by atoms with Gasteiger partial charge in [-0.1, -0.05) is 12.0 Å². The van der Waals surface area contributed by atoms with Crippen molar-refractivity contribution in [2.24, 2.45) is 11.8 Å². The summed E-state index contributed by atoms with van der Waals surface area (Å²) in [6, 6.07) is 10.2. The summed E-state index contributed by atoms with van der Waals surface area (Å²) in [5, 5.41) is 0.859. The molecule has 3 aromatic rings. The van der Waals surface area contributed by atoms with Gasteiger partial charge in [-0.15, -0.1) is 0 Å². The Bertz CT molecular complexity index is 1490. The van der Waals surface area contributed by atoms with Crippen molar-refractivity contribution >= 4 is 32.4 Å². The van der Waals surface area contributed by atoms with Gasteiger partial charge in [0.15, 0.2) is 0 Å². The van der Waals surface area contributed by atoms with Gasteiger partial charge < -0.3 is 14.2 Å². The molecule has 2 aliphatic rings. The highest BCUT2D eigenvalue weighted by molar-refractivity contribution is 7.91. The predicted octanol–water partition coefficient (Wildman–Crippen LogP) is 4.79. The van der Waals surface area contributed by atoms with Gasteiger partial charge in [0, 0.05) is 50.7 Å². The molecule has 1 saturated carbocycles. The third-order valence-corrected chi connectivity index (χ3v) is 9.73. The third kappa shape index (κ3) is 6.27. The van der Waals surface area contributed by atoms with Crippen LogP contribution < -0.4 is 4.90 Å². The summed E-state index contributed by atoms with van der Waals surface area (Å²) in [4.78, 5) is 23.3. The largest absolute Gasteiger partial charge is 0.466 e. The average Bonchev–Trinajstić information content (AvgIpc) is 3.38. The average molecular weight is 551 g/mol. The number of rotatable bonds is 6. The summed E-state index contributed by atoms with van der Waals surface area (Å²) in [5.74, 6) is 8.12. The molecule has 3 heterocycles. The van der Waals surface area contributed by atoms with Crippen LogP contribution >= 0.6 is 0 Å². The molecule has 1 saturated heterocycles. The quantitative estimate of drug-likeness (QED) is 0.322. The van der Waals surface area contributed by atoms with Gasteiger partial charge in [0.1, 0.15) is 15.7 Å². The van der Waals surface area contributed by atoms with E-state index < -0.39 is 9.84 Å². The van der Waals surface area contributed by atoms with Crippen LogP contribution in [-0.2, 0) is 19.4 Å². The Morgan fingerprint density at radius 2 is 1.87 bits per heavy atom. The molecule has 0 unspecified atom stereocenters. The van der Waals surface area contributed by atoms with Gasteiger partial charge >= 0.3 is 5.97 Å². The number of aromatic nitrogens is 3. The van der Waals surface area contributed by atoms with Crippen LogP contribution in [-0.4, -0.2) is 60.1 Å². The second-order valence-corrected chi connectivity index (χ2v) is 13.0. The van der Waals surface area contributed by atoms with Gasteiger partial charge in [-0.25, -0.2) is 18.4 Å². The van der Waals surface area contributed by atoms with Crippen molar-refractivity contribution in [1.29, 1.82) is 0 Å². The lowest BCUT2D eigenvalue weighted by molar-refractivity contribution is -0.149. The summed E-state index contributed by atoms with van der Waals surface area (Å²) in [7, 11) is -3.00. The fraction of sp³-hybridized carbons (Fsp3) is 0.500. The van der Waals surface area contributed by atoms with Crippen molar-refractivity contribution in [2.75, 3.05) is 30.9 Å². The summed E-state index contributed by atoms with van der Waals surface area (Å²) >= 11 is 0. The van der Waals surface area contributed by atoms with Gasteiger partial charge in [-0.3, -0.25) is 4.79 Å². The molecule has 0 atom stereocenters. The number of anilines is 1. The summed E-state index contributed by atoms with van der Waals surface area (Å²) in [5.41, 5.74) is 2.15. The first-order chi connectivity index (χ1) is 18.8. The highest BCUT2D eigenvalue weighted by Crippen LogP contribution is 2.33. The molecule has 208 valence electrons. The molecule has 9 heteroatoms. The number of nitrogens with zero attached hydrogens (tertiary/aromatic N) is 4. The Morgan fingerprint density at radius 1 is 1.10 bits per heavy atom. The molecule has 0 spiro atoms. The van der Waals surface area contributed by atoms with Gasteiger partial charge in [0.25, 0.3) is 0 Å². The van der Waals surface area contributed by atoms with E-state index >= 15 is 0 Å². The molecule has 0 amide bonds. The Kier molecular flexibility index (Phi) is 8.22. The van der Waals surface area contributed by atoms with Gasteiger partial charge in [0.05, 0.1) is 23.3 Å². The molecule has 39 heavy (non-hydrogen) atoms. The van der Waals surface area contributed by atoms with Crippen LogP contribution in [0.4, 0.5) is 5.69 Å². The molecular weight excluding hydrogens is 512 g/mol. The minimum Gasteiger partial charge on any atom is -0.466 e. The van der Waals surface area contributed by atoms with E-state index in [-0.39, 0.29) is 18.6 Å². The Labute approximate surface area is 232 Å². The van der Waals surface area contributed by atoms with Crippen LogP contribution in [0.1, 0.15) is 59.1 Å². The minimum absolute atomic E-state index is 0. The molecule has 1 aliphatic carbocycles. The number of fused-ring (bicyclic) bond motifs is 1. The number of esters is 1. The SMILES string of the molecule is CCOC(=O)C1CCC(CC#Cc2nccc(-n3ccc4c(N5CCC(S(C)(=O)=O)CC5)cccc43)n2)CC1.[HH]. The van der Waals surface area contributed by atoms with Gasteiger partial charge in [-0.05, 0) is 81.6 Å². The van der Waals surface area contributed by atoms with E-state index in [1.165, 1.54) is 6.26 Å². The predicted molar refractivity (Wildman–Crippen MR) is 155 cm³/mol. The van der Waals surface area contributed by atoms with E-state index in [9.17, 15) is 13.2 Å². The number of carbonyl (C=O) groups is 1. The normalized spacial score (nSPS) is 20.4. The standard InChI is InChI=1S/C30H36N4O4S.H2/c1-3-38-30(35)23-12-10-22(11-13-23)6-4-9-28-31-18-14-29(32-28)34-21-17-25-26(7-5-8-27(25)34)33-19-15-24(16-20-33)39(2,36)37;/h5,7-8,14,17-18,21-24H,3,6,10-13,15-16,19-20H2,1-2H3;1H. The van der Waals surface area contributed by atoms with Crippen molar-refractivity contribution in [1.82, 2.24) is 14.5 Å². The summed E-state index contributed by atoms with van der Waals surface area (Å²) < 4.78 is 31.2. The molecule has 2 aromatic heterocycles. The molecule has 0 radical (unpaired) electrons. The second kappa shape index (κ2) is 11.8. The fourth-order valence-electron chi connectivity index (χ4n) is 5.83. The molecule has 1 aromatic carbocycles. The Balaban J connectivity index is 0.00000370. The number of sulfone groups is 1. The van der Waals surface area contributed by atoms with Crippen molar-refractivity contribution < 1.29 is 19.4 Å². The van der Waals surface area contributed by atoms with Crippen LogP contribution in [0.3, 0.4) is 0 Å². The number of carbonyl (C=O) groups excluding carboxylic acids is 1. The Hall–Kier alpha value is -3.38. The van der Waals surface area contributed by atoms with E-state index in [4.69, 9.17) is 9.72 Å². The van der Waals surface area contributed by atoms with E-state index in [2.05, 4.69) is 39.9 Å². The van der Waals surface area contributed by atoms with E-state index in [0.717, 1.165) is 67.6 Å². The number of benzene rings is 1.